The largest absolute Gasteiger partial charge is 0.351 e. The normalized spacial score (nSPS) is 38.5. The number of nitrogens with one attached hydrogen (secondary N) is 2. The summed E-state index contributed by atoms with van der Waals surface area (Å²) in [4.78, 5) is 17.5. The zero-order chi connectivity index (χ0) is 21.3. The van der Waals surface area contributed by atoms with E-state index in [1.54, 1.807) is 12.4 Å². The molecule has 1 saturated heterocycles. The fourth-order valence-corrected chi connectivity index (χ4v) is 5.77. The number of allylic oxidation sites excluding steroid dienone is 4. The van der Waals surface area contributed by atoms with Crippen molar-refractivity contribution >= 4 is 12.1 Å². The minimum absolute atomic E-state index is 0.0186. The van der Waals surface area contributed by atoms with Crippen LogP contribution >= 0.6 is 0 Å². The lowest BCUT2D eigenvalue weighted by Crippen LogP contribution is -2.48. The van der Waals surface area contributed by atoms with Crippen molar-refractivity contribution in [3.63, 3.8) is 0 Å². The highest BCUT2D eigenvalue weighted by Crippen LogP contribution is 2.48. The summed E-state index contributed by atoms with van der Waals surface area (Å²) in [7, 11) is 0. The van der Waals surface area contributed by atoms with E-state index in [-0.39, 0.29) is 35.4 Å². The molecule has 0 aromatic heterocycles. The Balaban J connectivity index is 1.27. The van der Waals surface area contributed by atoms with Gasteiger partial charge in [0.1, 0.15) is 6.04 Å². The van der Waals surface area contributed by atoms with Gasteiger partial charge in [0.25, 0.3) is 0 Å². The molecule has 6 nitrogen and oxygen atoms in total. The van der Waals surface area contributed by atoms with Crippen LogP contribution in [0.3, 0.4) is 0 Å². The van der Waals surface area contributed by atoms with Gasteiger partial charge in [-0.1, -0.05) is 23.8 Å². The van der Waals surface area contributed by atoms with Crippen LogP contribution in [-0.2, 0) is 4.79 Å². The van der Waals surface area contributed by atoms with Gasteiger partial charge in [-0.3, -0.25) is 9.79 Å². The van der Waals surface area contributed by atoms with Crippen LogP contribution in [0.5, 0.6) is 0 Å². The van der Waals surface area contributed by atoms with Crippen LogP contribution in [0, 0.1) is 17.8 Å². The van der Waals surface area contributed by atoms with E-state index in [2.05, 4.69) is 56.7 Å². The van der Waals surface area contributed by atoms with Gasteiger partial charge in [-0.15, -0.1) is 5.73 Å². The number of nitrogens with zero attached hydrogens (tertiary/aromatic N) is 3. The van der Waals surface area contributed by atoms with Gasteiger partial charge in [0, 0.05) is 43.1 Å². The number of carbonyl (C=O) groups is 1. The molecule has 2 fully saturated rings. The van der Waals surface area contributed by atoms with Crippen molar-refractivity contribution in [2.24, 2.45) is 33.0 Å². The van der Waals surface area contributed by atoms with E-state index in [9.17, 15) is 4.79 Å². The second-order valence-corrected chi connectivity index (χ2v) is 9.59. The molecule has 6 heteroatoms. The van der Waals surface area contributed by atoms with Crippen LogP contribution in [0.4, 0.5) is 0 Å². The third-order valence-corrected chi connectivity index (χ3v) is 7.66. The average Bonchev–Trinajstić information content (AvgIpc) is 3.28. The van der Waals surface area contributed by atoms with Gasteiger partial charge in [0.05, 0.1) is 11.7 Å². The van der Waals surface area contributed by atoms with Crippen LogP contribution < -0.4 is 10.6 Å². The molecule has 6 atom stereocenters. The van der Waals surface area contributed by atoms with Gasteiger partial charge >= 0.3 is 0 Å². The highest BCUT2D eigenvalue weighted by atomic mass is 16.2. The van der Waals surface area contributed by atoms with Crippen molar-refractivity contribution in [3.8, 4) is 0 Å². The van der Waals surface area contributed by atoms with E-state index in [0.717, 1.165) is 50.8 Å². The fraction of sp³-hybridized carbons (Fsp3) is 0.560. The molecule has 3 heterocycles. The molecule has 0 spiro atoms. The summed E-state index contributed by atoms with van der Waals surface area (Å²) in [5.41, 5.74) is 5.45. The quantitative estimate of drug-likeness (QED) is 0.685. The van der Waals surface area contributed by atoms with E-state index in [1.165, 1.54) is 5.57 Å². The van der Waals surface area contributed by atoms with E-state index in [1.807, 2.05) is 12.2 Å². The molecule has 3 aliphatic heterocycles. The third-order valence-electron chi connectivity index (χ3n) is 7.66. The fourth-order valence-electron chi connectivity index (χ4n) is 5.77. The molecule has 0 radical (unpaired) electrons. The number of hydrogen-bond acceptors (Lipinski definition) is 5. The Morgan fingerprint density at radius 2 is 2.26 bits per heavy atom. The topological polar surface area (TPSA) is 78.2 Å². The van der Waals surface area contributed by atoms with Gasteiger partial charge in [0.15, 0.2) is 0 Å². The van der Waals surface area contributed by atoms with Crippen LogP contribution in [0.1, 0.15) is 39.0 Å². The first-order chi connectivity index (χ1) is 15.1. The number of hydrogen-bond donors (Lipinski definition) is 2. The number of aliphatic imine (C=N–C) groups is 1. The maximum atomic E-state index is 13.3. The number of rotatable bonds is 4. The Morgan fingerprint density at radius 3 is 3.13 bits per heavy atom. The van der Waals surface area contributed by atoms with Gasteiger partial charge in [0.2, 0.25) is 5.91 Å². The molecule has 0 aromatic rings. The van der Waals surface area contributed by atoms with E-state index < -0.39 is 0 Å². The highest BCUT2D eigenvalue weighted by Gasteiger charge is 2.50. The number of amides is 1. The minimum Gasteiger partial charge on any atom is -0.351 e. The lowest BCUT2D eigenvalue weighted by molar-refractivity contribution is -0.127. The van der Waals surface area contributed by atoms with Crippen molar-refractivity contribution in [2.75, 3.05) is 13.1 Å². The summed E-state index contributed by atoms with van der Waals surface area (Å²) in [6.07, 6.45) is 18.8. The summed E-state index contributed by atoms with van der Waals surface area (Å²) < 4.78 is 0. The number of fused-ring (bicyclic) bond motifs is 1. The maximum absolute atomic E-state index is 13.3. The molecule has 162 valence electrons. The Bertz CT molecular complexity index is 951. The zero-order valence-corrected chi connectivity index (χ0v) is 18.1. The second kappa shape index (κ2) is 8.52. The molecule has 2 aliphatic carbocycles. The predicted octanol–water partition coefficient (Wildman–Crippen LogP) is 3.66. The Kier molecular flexibility index (Phi) is 5.59. The summed E-state index contributed by atoms with van der Waals surface area (Å²) in [6.45, 7) is 3.99. The van der Waals surface area contributed by atoms with Gasteiger partial charge in [-0.25, -0.2) is 0 Å². The lowest BCUT2D eigenvalue weighted by Gasteiger charge is -2.39. The van der Waals surface area contributed by atoms with Gasteiger partial charge < -0.3 is 10.6 Å². The Morgan fingerprint density at radius 1 is 1.32 bits per heavy atom. The molecular weight excluding hydrogens is 386 g/mol. The SMILES string of the molecule is CC12CCC(C(=O)NC3CNCC3C3=CC=CCC3)CC1C(C1=CC=NC=C=C1)N=N2. The summed E-state index contributed by atoms with van der Waals surface area (Å²) in [6, 6.07) is 0.160. The molecule has 1 saturated carbocycles. The number of azo groups is 1. The Labute approximate surface area is 184 Å². The van der Waals surface area contributed by atoms with E-state index in [4.69, 9.17) is 0 Å². The average molecular weight is 418 g/mol. The molecular formula is C25H31N5O. The van der Waals surface area contributed by atoms with Crippen LogP contribution in [0.2, 0.25) is 0 Å². The van der Waals surface area contributed by atoms with Crippen LogP contribution in [0.15, 0.2) is 68.7 Å². The summed E-state index contributed by atoms with van der Waals surface area (Å²) in [5, 5.41) is 16.2. The van der Waals surface area contributed by atoms with Crippen molar-refractivity contribution in [1.29, 1.82) is 0 Å². The first-order valence-corrected chi connectivity index (χ1v) is 11.6. The smallest absolute Gasteiger partial charge is 0.223 e. The van der Waals surface area contributed by atoms with Crippen LogP contribution in [-0.4, -0.2) is 42.8 Å². The zero-order valence-electron chi connectivity index (χ0n) is 18.1. The molecule has 1 amide bonds. The molecule has 2 N–H and O–H groups in total. The monoisotopic (exact) mass is 417 g/mol. The molecule has 0 aromatic carbocycles. The first-order valence-electron chi connectivity index (χ1n) is 11.6. The summed E-state index contributed by atoms with van der Waals surface area (Å²) >= 11 is 0. The third kappa shape index (κ3) is 4.02. The maximum Gasteiger partial charge on any atom is 0.223 e. The van der Waals surface area contributed by atoms with Gasteiger partial charge in [-0.05, 0) is 56.8 Å². The van der Waals surface area contributed by atoms with Crippen molar-refractivity contribution in [3.05, 3.63) is 53.5 Å². The standard InChI is InChI=1S/C25H31N5O/c1-25-11-9-19(14-21(25)23(29-30-25)18-8-5-12-26-13-10-18)24(31)28-22-16-27-15-20(22)17-6-3-2-4-7-17/h2-3,6,8,10,12-13,19-23,27H,4,7,9,11,14-16H2,1H3,(H,28,31). The first kappa shape index (κ1) is 20.3. The summed E-state index contributed by atoms with van der Waals surface area (Å²) in [5.74, 6) is 0.853. The molecule has 6 unspecified atom stereocenters. The lowest BCUT2D eigenvalue weighted by atomic mass is 9.66. The van der Waals surface area contributed by atoms with E-state index >= 15 is 0 Å². The minimum atomic E-state index is -0.181. The van der Waals surface area contributed by atoms with Crippen molar-refractivity contribution < 1.29 is 4.79 Å². The Hall–Kier alpha value is -2.56. The molecule has 0 bridgehead atoms. The molecule has 5 rings (SSSR count). The van der Waals surface area contributed by atoms with Gasteiger partial charge in [-0.2, -0.15) is 10.2 Å². The van der Waals surface area contributed by atoms with E-state index in [0.29, 0.717) is 5.92 Å². The molecule has 5 aliphatic rings. The van der Waals surface area contributed by atoms with Crippen molar-refractivity contribution in [1.82, 2.24) is 10.6 Å². The predicted molar refractivity (Wildman–Crippen MR) is 122 cm³/mol. The second-order valence-electron chi connectivity index (χ2n) is 9.59. The number of carbonyl (C=O) groups excluding carboxylic acids is 1. The highest BCUT2D eigenvalue weighted by molar-refractivity contribution is 5.79. The molecule has 31 heavy (non-hydrogen) atoms. The van der Waals surface area contributed by atoms with Crippen molar-refractivity contribution in [2.45, 2.75) is 56.7 Å². The van der Waals surface area contributed by atoms with Crippen LogP contribution in [0.25, 0.3) is 0 Å².